The van der Waals surface area contributed by atoms with Gasteiger partial charge in [0.25, 0.3) is 10.0 Å². The molecule has 1 N–H and O–H groups in total. The van der Waals surface area contributed by atoms with Crippen LogP contribution in [0.1, 0.15) is 37.6 Å². The lowest BCUT2D eigenvalue weighted by molar-refractivity contribution is 0.586. The molecule has 0 aliphatic heterocycles. The molecule has 6 nitrogen and oxygen atoms in total. The zero-order valence-corrected chi connectivity index (χ0v) is 19.2. The largest absolute Gasteiger partial charge is 0.263 e. The third-order valence-corrected chi connectivity index (χ3v) is 6.77. The van der Waals surface area contributed by atoms with E-state index in [-0.39, 0.29) is 10.3 Å². The molecule has 0 spiro atoms. The van der Waals surface area contributed by atoms with E-state index in [4.69, 9.17) is 0 Å². The van der Waals surface area contributed by atoms with Crippen LogP contribution in [0.25, 0.3) is 16.6 Å². The van der Waals surface area contributed by atoms with Crippen molar-refractivity contribution in [3.05, 3.63) is 77.6 Å². The fourth-order valence-corrected chi connectivity index (χ4v) is 4.90. The second kappa shape index (κ2) is 7.50. The molecule has 0 fully saturated rings. The van der Waals surface area contributed by atoms with Crippen molar-refractivity contribution in [1.29, 1.82) is 0 Å². The summed E-state index contributed by atoms with van der Waals surface area (Å²) < 4.78 is 30.9. The normalized spacial score (nSPS) is 12.3. The highest BCUT2D eigenvalue weighted by atomic mass is 32.2. The molecule has 2 aromatic carbocycles. The van der Waals surface area contributed by atoms with Crippen molar-refractivity contribution in [2.45, 2.75) is 44.9 Å². The molecule has 0 aliphatic carbocycles. The van der Waals surface area contributed by atoms with E-state index in [0.717, 1.165) is 22.2 Å². The van der Waals surface area contributed by atoms with Crippen LogP contribution in [0.3, 0.4) is 0 Å². The number of fused-ring (bicyclic) bond motifs is 1. The Kier molecular flexibility index (Phi) is 5.09. The minimum atomic E-state index is -3.80. The van der Waals surface area contributed by atoms with Gasteiger partial charge in [-0.25, -0.2) is 13.1 Å². The lowest BCUT2D eigenvalue weighted by Crippen LogP contribution is -2.18. The first kappa shape index (κ1) is 21.1. The highest BCUT2D eigenvalue weighted by Crippen LogP contribution is 2.29. The first-order chi connectivity index (χ1) is 14.6. The van der Waals surface area contributed by atoms with E-state index < -0.39 is 10.0 Å². The van der Waals surface area contributed by atoms with Gasteiger partial charge in [0.15, 0.2) is 0 Å². The van der Waals surface area contributed by atoms with Gasteiger partial charge in [-0.05, 0) is 60.7 Å². The quantitative estimate of drug-likeness (QED) is 0.483. The predicted molar refractivity (Wildman–Crippen MR) is 124 cm³/mol. The maximum Gasteiger partial charge on any atom is 0.263 e. The Morgan fingerprint density at radius 1 is 0.968 bits per heavy atom. The number of aryl methyl sites for hydroxylation is 2. The predicted octanol–water partition coefficient (Wildman–Crippen LogP) is 5.14. The van der Waals surface area contributed by atoms with Gasteiger partial charge >= 0.3 is 0 Å². The Balaban J connectivity index is 1.78. The first-order valence-corrected chi connectivity index (χ1v) is 11.6. The molecule has 2 aromatic heterocycles. The lowest BCUT2D eigenvalue weighted by Gasteiger charge is -2.21. The van der Waals surface area contributed by atoms with Crippen LogP contribution in [0.4, 0.5) is 5.82 Å². The monoisotopic (exact) mass is 434 g/mol. The Labute approximate surface area is 183 Å². The van der Waals surface area contributed by atoms with Gasteiger partial charge in [0.1, 0.15) is 5.82 Å². The van der Waals surface area contributed by atoms with Crippen LogP contribution in [0.2, 0.25) is 0 Å². The third-order valence-electron chi connectivity index (χ3n) is 5.25. The van der Waals surface area contributed by atoms with E-state index in [9.17, 15) is 8.42 Å². The standard InChI is InChI=1S/C24H26N4O2S/c1-16-14-18(24(3,4)5)11-12-22(16)31(29,30)27-23-15-17(2)26-28(23)21-10-6-9-20-19(21)8-7-13-25-20/h6-15,27H,1-5H3. The van der Waals surface area contributed by atoms with Crippen molar-refractivity contribution >= 4 is 26.7 Å². The summed E-state index contributed by atoms with van der Waals surface area (Å²) >= 11 is 0. The minimum absolute atomic E-state index is 0.0569. The molecule has 0 atom stereocenters. The molecule has 0 radical (unpaired) electrons. The fourth-order valence-electron chi connectivity index (χ4n) is 3.64. The molecule has 160 valence electrons. The summed E-state index contributed by atoms with van der Waals surface area (Å²) in [6.07, 6.45) is 1.73. The molecule has 4 aromatic rings. The number of nitrogens with one attached hydrogen (secondary N) is 1. The molecular formula is C24H26N4O2S. The number of rotatable bonds is 4. The number of anilines is 1. The van der Waals surface area contributed by atoms with E-state index in [1.54, 1.807) is 23.0 Å². The second-order valence-corrected chi connectivity index (χ2v) is 10.4. The molecule has 0 saturated heterocycles. The molecule has 0 amide bonds. The van der Waals surface area contributed by atoms with Gasteiger partial charge in [-0.2, -0.15) is 5.10 Å². The molecule has 4 rings (SSSR count). The molecule has 2 heterocycles. The SMILES string of the molecule is Cc1cc(NS(=O)(=O)c2ccc(C(C)(C)C)cc2C)n(-c2cccc3ncccc23)n1. The van der Waals surface area contributed by atoms with Gasteiger partial charge < -0.3 is 0 Å². The zero-order chi connectivity index (χ0) is 22.4. The van der Waals surface area contributed by atoms with E-state index in [1.807, 2.05) is 56.3 Å². The Morgan fingerprint density at radius 2 is 1.74 bits per heavy atom. The summed E-state index contributed by atoms with van der Waals surface area (Å²) in [6.45, 7) is 9.97. The molecule has 0 saturated carbocycles. The number of hydrogen-bond acceptors (Lipinski definition) is 4. The summed E-state index contributed by atoms with van der Waals surface area (Å²) in [6, 6.07) is 16.7. The van der Waals surface area contributed by atoms with Gasteiger partial charge in [0, 0.05) is 17.6 Å². The van der Waals surface area contributed by atoms with E-state index >= 15 is 0 Å². The van der Waals surface area contributed by atoms with Gasteiger partial charge in [-0.15, -0.1) is 0 Å². The molecule has 31 heavy (non-hydrogen) atoms. The van der Waals surface area contributed by atoms with Crippen LogP contribution in [0.15, 0.2) is 65.7 Å². The van der Waals surface area contributed by atoms with Crippen LogP contribution in [0, 0.1) is 13.8 Å². The topological polar surface area (TPSA) is 76.9 Å². The van der Waals surface area contributed by atoms with Crippen LogP contribution in [-0.4, -0.2) is 23.2 Å². The number of aromatic nitrogens is 3. The average molecular weight is 435 g/mol. The fraction of sp³-hybridized carbons (Fsp3) is 0.250. The van der Waals surface area contributed by atoms with Crippen molar-refractivity contribution in [3.8, 4) is 5.69 Å². The summed E-state index contributed by atoms with van der Waals surface area (Å²) in [5.74, 6) is 0.383. The summed E-state index contributed by atoms with van der Waals surface area (Å²) in [5.41, 5.74) is 4.02. The lowest BCUT2D eigenvalue weighted by atomic mass is 9.86. The maximum atomic E-state index is 13.3. The Bertz CT molecular complexity index is 1380. The zero-order valence-electron chi connectivity index (χ0n) is 18.3. The van der Waals surface area contributed by atoms with E-state index in [0.29, 0.717) is 17.1 Å². The van der Waals surface area contributed by atoms with E-state index in [1.165, 1.54) is 0 Å². The van der Waals surface area contributed by atoms with Gasteiger partial charge in [-0.1, -0.05) is 39.0 Å². The van der Waals surface area contributed by atoms with Crippen molar-refractivity contribution in [1.82, 2.24) is 14.8 Å². The third kappa shape index (κ3) is 4.05. The second-order valence-electron chi connectivity index (χ2n) is 8.77. The van der Waals surface area contributed by atoms with Crippen molar-refractivity contribution in [2.24, 2.45) is 0 Å². The summed E-state index contributed by atoms with van der Waals surface area (Å²) in [4.78, 5) is 4.64. The Hall–Kier alpha value is -3.19. The van der Waals surface area contributed by atoms with Gasteiger partial charge in [0.05, 0.1) is 21.8 Å². The van der Waals surface area contributed by atoms with Crippen molar-refractivity contribution in [3.63, 3.8) is 0 Å². The number of nitrogens with zero attached hydrogens (tertiary/aromatic N) is 3. The first-order valence-electron chi connectivity index (χ1n) is 10.1. The van der Waals surface area contributed by atoms with Gasteiger partial charge in [-0.3, -0.25) is 9.71 Å². The number of benzene rings is 2. The van der Waals surface area contributed by atoms with Crippen LogP contribution >= 0.6 is 0 Å². The van der Waals surface area contributed by atoms with Crippen LogP contribution < -0.4 is 4.72 Å². The summed E-state index contributed by atoms with van der Waals surface area (Å²) in [7, 11) is -3.80. The van der Waals surface area contributed by atoms with E-state index in [2.05, 4.69) is 35.6 Å². The number of sulfonamides is 1. The van der Waals surface area contributed by atoms with Gasteiger partial charge in [0.2, 0.25) is 0 Å². The van der Waals surface area contributed by atoms with Crippen molar-refractivity contribution in [2.75, 3.05) is 4.72 Å². The number of hydrogen-bond donors (Lipinski definition) is 1. The molecular weight excluding hydrogens is 408 g/mol. The van der Waals surface area contributed by atoms with Crippen LogP contribution in [-0.2, 0) is 15.4 Å². The molecule has 0 unspecified atom stereocenters. The maximum absolute atomic E-state index is 13.3. The minimum Gasteiger partial charge on any atom is -0.263 e. The highest BCUT2D eigenvalue weighted by molar-refractivity contribution is 7.92. The molecule has 0 bridgehead atoms. The van der Waals surface area contributed by atoms with Crippen LogP contribution in [0.5, 0.6) is 0 Å². The average Bonchev–Trinajstić information content (AvgIpc) is 3.05. The summed E-state index contributed by atoms with van der Waals surface area (Å²) in [5, 5.41) is 5.43. The molecule has 7 heteroatoms. The number of pyridine rings is 1. The Morgan fingerprint density at radius 3 is 2.45 bits per heavy atom. The smallest absolute Gasteiger partial charge is 0.263 e. The highest BCUT2D eigenvalue weighted by Gasteiger charge is 2.23. The molecule has 0 aliphatic rings. The van der Waals surface area contributed by atoms with Crippen molar-refractivity contribution < 1.29 is 8.42 Å².